The van der Waals surface area contributed by atoms with Gasteiger partial charge in [0.05, 0.1) is 6.54 Å². The van der Waals surface area contributed by atoms with Gasteiger partial charge >= 0.3 is 0 Å². The molecule has 0 atom stereocenters. The summed E-state index contributed by atoms with van der Waals surface area (Å²) >= 11 is 0. The molecule has 2 amide bonds. The molecule has 2 aromatic rings. The largest absolute Gasteiger partial charge is 0.359 e. The highest BCUT2D eigenvalue weighted by Gasteiger charge is 2.28. The van der Waals surface area contributed by atoms with Gasteiger partial charge in [-0.15, -0.1) is 0 Å². The second kappa shape index (κ2) is 8.84. The van der Waals surface area contributed by atoms with Crippen LogP contribution >= 0.6 is 0 Å². The Hall–Kier alpha value is -2.63. The molecule has 0 unspecified atom stereocenters. The van der Waals surface area contributed by atoms with E-state index < -0.39 is 5.41 Å². The molecule has 0 aliphatic carbocycles. The molecular formula is C21H29N3O3. The average molecular weight is 371 g/mol. The maximum atomic E-state index is 12.6. The van der Waals surface area contributed by atoms with E-state index in [0.717, 1.165) is 12.0 Å². The zero-order chi connectivity index (χ0) is 20.0. The van der Waals surface area contributed by atoms with Gasteiger partial charge in [0.2, 0.25) is 5.91 Å². The van der Waals surface area contributed by atoms with E-state index in [9.17, 15) is 9.59 Å². The Balaban J connectivity index is 1.98. The topological polar surface area (TPSA) is 75.4 Å². The molecule has 146 valence electrons. The molecule has 0 saturated heterocycles. The van der Waals surface area contributed by atoms with Crippen molar-refractivity contribution in [3.05, 3.63) is 52.9 Å². The Bertz CT molecular complexity index is 773. The number of nitrogens with one attached hydrogen (secondary N) is 1. The van der Waals surface area contributed by atoms with Gasteiger partial charge in [0.25, 0.3) is 5.91 Å². The van der Waals surface area contributed by atoms with E-state index in [4.69, 9.17) is 4.52 Å². The molecule has 6 heteroatoms. The molecule has 27 heavy (non-hydrogen) atoms. The lowest BCUT2D eigenvalue weighted by Crippen LogP contribution is -2.39. The van der Waals surface area contributed by atoms with Crippen molar-refractivity contribution >= 4 is 11.8 Å². The highest BCUT2D eigenvalue weighted by Crippen LogP contribution is 2.20. The molecule has 0 radical (unpaired) electrons. The summed E-state index contributed by atoms with van der Waals surface area (Å²) in [5.74, 6) is 0.252. The number of hydrogen-bond donors (Lipinski definition) is 1. The number of nitrogens with zero attached hydrogens (tertiary/aromatic N) is 2. The van der Waals surface area contributed by atoms with Crippen molar-refractivity contribution in [3.8, 4) is 0 Å². The predicted molar refractivity (Wildman–Crippen MR) is 104 cm³/mol. The van der Waals surface area contributed by atoms with Gasteiger partial charge in [-0.25, -0.2) is 0 Å². The molecule has 0 saturated carbocycles. The molecule has 0 fully saturated rings. The van der Waals surface area contributed by atoms with Crippen LogP contribution in [0.25, 0.3) is 0 Å². The lowest BCUT2D eigenvalue weighted by molar-refractivity contribution is -0.140. The maximum absolute atomic E-state index is 12.6. The molecule has 1 heterocycles. The molecule has 1 aromatic heterocycles. The van der Waals surface area contributed by atoms with Crippen LogP contribution in [0.5, 0.6) is 0 Å². The Labute approximate surface area is 160 Å². The zero-order valence-electron chi connectivity index (χ0n) is 16.8. The second-order valence-corrected chi connectivity index (χ2v) is 7.82. The Morgan fingerprint density at radius 2 is 1.85 bits per heavy atom. The summed E-state index contributed by atoms with van der Waals surface area (Å²) < 4.78 is 5.29. The molecule has 6 nitrogen and oxygen atoms in total. The Morgan fingerprint density at radius 1 is 1.19 bits per heavy atom. The third-order valence-corrected chi connectivity index (χ3v) is 4.13. The number of rotatable bonds is 7. The highest BCUT2D eigenvalue weighted by atomic mass is 16.5. The highest BCUT2D eigenvalue weighted by molar-refractivity contribution is 5.92. The van der Waals surface area contributed by atoms with Gasteiger partial charge < -0.3 is 14.7 Å². The van der Waals surface area contributed by atoms with Crippen molar-refractivity contribution in [1.29, 1.82) is 0 Å². The summed E-state index contributed by atoms with van der Waals surface area (Å²) in [4.78, 5) is 26.6. The second-order valence-electron chi connectivity index (χ2n) is 7.82. The monoisotopic (exact) mass is 371 g/mol. The first-order valence-electron chi connectivity index (χ1n) is 9.29. The number of benzene rings is 1. The third-order valence-electron chi connectivity index (χ3n) is 4.13. The molecular weight excluding hydrogens is 342 g/mol. The fourth-order valence-electron chi connectivity index (χ4n) is 2.66. The number of carbonyl (C=O) groups is 2. The maximum Gasteiger partial charge on any atom is 0.273 e. The van der Waals surface area contributed by atoms with Crippen molar-refractivity contribution in [2.75, 3.05) is 6.54 Å². The van der Waals surface area contributed by atoms with Crippen LogP contribution in [0.2, 0.25) is 0 Å². The van der Waals surface area contributed by atoms with E-state index >= 15 is 0 Å². The SMILES string of the molecule is CCCN(Cc1cc(C(=O)NCc2ccc(C)cc2)no1)C(=O)C(C)(C)C. The number of hydrogen-bond acceptors (Lipinski definition) is 4. The van der Waals surface area contributed by atoms with E-state index in [2.05, 4.69) is 10.5 Å². The first-order valence-corrected chi connectivity index (χ1v) is 9.29. The van der Waals surface area contributed by atoms with Gasteiger partial charge in [-0.1, -0.05) is 62.7 Å². The van der Waals surface area contributed by atoms with Crippen molar-refractivity contribution in [2.45, 2.75) is 54.1 Å². The number of carbonyl (C=O) groups excluding carboxylic acids is 2. The normalized spacial score (nSPS) is 11.3. The van der Waals surface area contributed by atoms with Crippen LogP contribution in [0, 0.1) is 12.3 Å². The third kappa shape index (κ3) is 5.94. The quantitative estimate of drug-likeness (QED) is 0.805. The lowest BCUT2D eigenvalue weighted by atomic mass is 9.94. The Morgan fingerprint density at radius 3 is 2.44 bits per heavy atom. The van der Waals surface area contributed by atoms with Crippen molar-refractivity contribution in [1.82, 2.24) is 15.4 Å². The summed E-state index contributed by atoms with van der Waals surface area (Å²) in [6.07, 6.45) is 0.847. The van der Waals surface area contributed by atoms with Gasteiger partial charge in [0.15, 0.2) is 11.5 Å². The lowest BCUT2D eigenvalue weighted by Gasteiger charge is -2.28. The first-order chi connectivity index (χ1) is 12.7. The van der Waals surface area contributed by atoms with E-state index in [1.54, 1.807) is 11.0 Å². The van der Waals surface area contributed by atoms with Gasteiger partial charge in [-0.3, -0.25) is 9.59 Å². The standard InChI is InChI=1S/C21H29N3O3/c1-6-11-24(20(26)21(3,4)5)14-17-12-18(23-27-17)19(25)22-13-16-9-7-15(2)8-10-16/h7-10,12H,6,11,13-14H2,1-5H3,(H,22,25). The van der Waals surface area contributed by atoms with Crippen LogP contribution < -0.4 is 5.32 Å². The van der Waals surface area contributed by atoms with Crippen LogP contribution in [0.1, 0.15) is 61.5 Å². The van der Waals surface area contributed by atoms with Crippen LogP contribution in [-0.4, -0.2) is 28.4 Å². The number of aryl methyl sites for hydroxylation is 1. The first kappa shape index (κ1) is 20.7. The van der Waals surface area contributed by atoms with Gasteiger partial charge in [0, 0.05) is 24.6 Å². The van der Waals surface area contributed by atoms with E-state index in [0.29, 0.717) is 25.4 Å². The van der Waals surface area contributed by atoms with E-state index in [1.165, 1.54) is 5.56 Å². The molecule has 1 aromatic carbocycles. The molecule has 0 aliphatic heterocycles. The van der Waals surface area contributed by atoms with Crippen LogP contribution in [-0.2, 0) is 17.9 Å². The van der Waals surface area contributed by atoms with Gasteiger partial charge in [-0.2, -0.15) is 0 Å². The smallest absolute Gasteiger partial charge is 0.273 e. The summed E-state index contributed by atoms with van der Waals surface area (Å²) in [6.45, 7) is 11.1. The fraction of sp³-hybridized carbons (Fsp3) is 0.476. The summed E-state index contributed by atoms with van der Waals surface area (Å²) in [5.41, 5.74) is 1.94. The van der Waals surface area contributed by atoms with Gasteiger partial charge in [0.1, 0.15) is 0 Å². The zero-order valence-corrected chi connectivity index (χ0v) is 16.8. The van der Waals surface area contributed by atoms with Crippen molar-refractivity contribution < 1.29 is 14.1 Å². The number of amides is 2. The predicted octanol–water partition coefficient (Wildman–Crippen LogP) is 3.70. The van der Waals surface area contributed by atoms with E-state index in [-0.39, 0.29) is 17.5 Å². The van der Waals surface area contributed by atoms with Crippen molar-refractivity contribution in [2.24, 2.45) is 5.41 Å². The molecule has 1 N–H and O–H groups in total. The Kier molecular flexibility index (Phi) is 6.77. The minimum Gasteiger partial charge on any atom is -0.359 e. The van der Waals surface area contributed by atoms with Gasteiger partial charge in [-0.05, 0) is 18.9 Å². The van der Waals surface area contributed by atoms with E-state index in [1.807, 2.05) is 58.9 Å². The minimum absolute atomic E-state index is 0.0473. The minimum atomic E-state index is -0.469. The van der Waals surface area contributed by atoms with Crippen LogP contribution in [0.3, 0.4) is 0 Å². The molecule has 2 rings (SSSR count). The van der Waals surface area contributed by atoms with Crippen LogP contribution in [0.15, 0.2) is 34.9 Å². The number of aromatic nitrogens is 1. The fourth-order valence-corrected chi connectivity index (χ4v) is 2.66. The summed E-state index contributed by atoms with van der Waals surface area (Å²) in [7, 11) is 0. The van der Waals surface area contributed by atoms with Crippen LogP contribution in [0.4, 0.5) is 0 Å². The average Bonchev–Trinajstić information content (AvgIpc) is 3.08. The summed E-state index contributed by atoms with van der Waals surface area (Å²) in [6, 6.07) is 9.56. The molecule has 0 bridgehead atoms. The summed E-state index contributed by atoms with van der Waals surface area (Å²) in [5, 5.41) is 6.68. The van der Waals surface area contributed by atoms with Crippen molar-refractivity contribution in [3.63, 3.8) is 0 Å². The molecule has 0 aliphatic rings. The molecule has 0 spiro atoms.